The fraction of sp³-hybridized carbons (Fsp3) is 0.0556. The molecule has 0 aliphatic carbocycles. The first-order valence-corrected chi connectivity index (χ1v) is 9.15. The standard InChI is InChI=1S/C18H10ClN5O2S/c1-8-21-6-13(27-8)17-14(23-16-11(25)2-3-20-18(16)24-17)9-4-10(19)15-12(5-9)26-7-22-15/h2-7H,1H3,(H,20,24,25). The zero-order valence-corrected chi connectivity index (χ0v) is 15.4. The van der Waals surface area contributed by atoms with Crippen LogP contribution in [0.25, 0.3) is 44.1 Å². The van der Waals surface area contributed by atoms with Crippen LogP contribution in [-0.2, 0) is 0 Å². The minimum atomic E-state index is -0.212. The van der Waals surface area contributed by atoms with Gasteiger partial charge in [0.05, 0.1) is 20.6 Å². The van der Waals surface area contributed by atoms with Gasteiger partial charge < -0.3 is 9.40 Å². The normalized spacial score (nSPS) is 11.5. The number of rotatable bonds is 2. The molecule has 27 heavy (non-hydrogen) atoms. The Kier molecular flexibility index (Phi) is 3.56. The van der Waals surface area contributed by atoms with Gasteiger partial charge in [-0.1, -0.05) is 11.6 Å². The predicted octanol–water partition coefficient (Wildman–Crippen LogP) is 4.21. The van der Waals surface area contributed by atoms with E-state index in [-0.39, 0.29) is 10.9 Å². The van der Waals surface area contributed by atoms with E-state index in [2.05, 4.69) is 24.9 Å². The molecule has 0 aliphatic rings. The van der Waals surface area contributed by atoms with Gasteiger partial charge in [0.1, 0.15) is 11.2 Å². The summed E-state index contributed by atoms with van der Waals surface area (Å²) in [5, 5.41) is 1.34. The first-order valence-electron chi connectivity index (χ1n) is 7.95. The Morgan fingerprint density at radius 2 is 2.04 bits per heavy atom. The van der Waals surface area contributed by atoms with Crippen molar-refractivity contribution < 1.29 is 4.42 Å². The van der Waals surface area contributed by atoms with Crippen molar-refractivity contribution in [3.63, 3.8) is 0 Å². The molecule has 9 heteroatoms. The quantitative estimate of drug-likeness (QED) is 0.480. The summed E-state index contributed by atoms with van der Waals surface area (Å²) in [6.45, 7) is 1.92. The van der Waals surface area contributed by atoms with Crippen molar-refractivity contribution in [2.45, 2.75) is 6.92 Å². The molecule has 7 nitrogen and oxygen atoms in total. The fourth-order valence-electron chi connectivity index (χ4n) is 2.89. The van der Waals surface area contributed by atoms with Gasteiger partial charge in [-0.15, -0.1) is 11.3 Å². The molecule has 0 saturated heterocycles. The highest BCUT2D eigenvalue weighted by Crippen LogP contribution is 2.36. The van der Waals surface area contributed by atoms with E-state index in [1.54, 1.807) is 24.5 Å². The minimum Gasteiger partial charge on any atom is -0.443 e. The molecule has 0 spiro atoms. The Morgan fingerprint density at radius 3 is 2.85 bits per heavy atom. The maximum absolute atomic E-state index is 12.3. The van der Waals surface area contributed by atoms with Gasteiger partial charge in [-0.25, -0.2) is 19.9 Å². The third-order valence-corrected chi connectivity index (χ3v) is 5.31. The smallest absolute Gasteiger partial charge is 0.209 e. The van der Waals surface area contributed by atoms with E-state index in [4.69, 9.17) is 16.0 Å². The predicted molar refractivity (Wildman–Crippen MR) is 104 cm³/mol. The summed E-state index contributed by atoms with van der Waals surface area (Å²) in [6.07, 6.45) is 4.64. The van der Waals surface area contributed by atoms with Crippen LogP contribution in [-0.4, -0.2) is 24.9 Å². The lowest BCUT2D eigenvalue weighted by atomic mass is 10.1. The Labute approximate surface area is 160 Å². The van der Waals surface area contributed by atoms with Crippen LogP contribution in [0, 0.1) is 6.92 Å². The Morgan fingerprint density at radius 1 is 1.15 bits per heavy atom. The van der Waals surface area contributed by atoms with Crippen molar-refractivity contribution in [3.8, 4) is 21.8 Å². The zero-order valence-electron chi connectivity index (χ0n) is 13.9. The minimum absolute atomic E-state index is 0.212. The number of thiazole rings is 1. The fourth-order valence-corrected chi connectivity index (χ4v) is 3.92. The van der Waals surface area contributed by atoms with Crippen LogP contribution in [0.15, 0.2) is 46.2 Å². The van der Waals surface area contributed by atoms with Gasteiger partial charge in [-0.2, -0.15) is 0 Å². The third-order valence-electron chi connectivity index (χ3n) is 4.10. The van der Waals surface area contributed by atoms with E-state index in [1.165, 1.54) is 23.8 Å². The maximum atomic E-state index is 12.3. The monoisotopic (exact) mass is 395 g/mol. The lowest BCUT2D eigenvalue weighted by Gasteiger charge is -2.09. The molecule has 1 aromatic carbocycles. The van der Waals surface area contributed by atoms with Crippen LogP contribution in [0.3, 0.4) is 0 Å². The molecule has 4 heterocycles. The van der Waals surface area contributed by atoms with Crippen molar-refractivity contribution in [2.75, 3.05) is 0 Å². The lowest BCUT2D eigenvalue weighted by Crippen LogP contribution is -2.06. The Hall–Kier alpha value is -3.10. The van der Waals surface area contributed by atoms with Crippen molar-refractivity contribution in [2.24, 2.45) is 0 Å². The number of hydrogen-bond donors (Lipinski definition) is 1. The molecular formula is C18H10ClN5O2S. The van der Waals surface area contributed by atoms with E-state index >= 15 is 0 Å². The summed E-state index contributed by atoms with van der Waals surface area (Å²) >= 11 is 7.85. The largest absolute Gasteiger partial charge is 0.443 e. The van der Waals surface area contributed by atoms with Gasteiger partial charge in [0, 0.05) is 24.0 Å². The topological polar surface area (TPSA) is 97.6 Å². The maximum Gasteiger partial charge on any atom is 0.209 e. The number of benzene rings is 1. The number of aryl methyl sites for hydroxylation is 1. The van der Waals surface area contributed by atoms with E-state index in [0.29, 0.717) is 38.7 Å². The molecule has 4 aromatic heterocycles. The van der Waals surface area contributed by atoms with Crippen LogP contribution in [0.2, 0.25) is 5.02 Å². The SMILES string of the molecule is Cc1ncc(-c2nc3[nH]ccc(=O)c3nc2-c2cc(Cl)c3ncoc3c2)s1. The van der Waals surface area contributed by atoms with Crippen LogP contribution in [0.5, 0.6) is 0 Å². The van der Waals surface area contributed by atoms with Crippen LogP contribution < -0.4 is 5.43 Å². The number of fused-ring (bicyclic) bond motifs is 2. The van der Waals surface area contributed by atoms with Gasteiger partial charge >= 0.3 is 0 Å². The highest BCUT2D eigenvalue weighted by Gasteiger charge is 2.18. The number of nitrogens with one attached hydrogen (secondary N) is 1. The van der Waals surface area contributed by atoms with Gasteiger partial charge in [0.2, 0.25) is 5.43 Å². The molecule has 0 fully saturated rings. The summed E-state index contributed by atoms with van der Waals surface area (Å²) in [5.41, 5.74) is 3.40. The summed E-state index contributed by atoms with van der Waals surface area (Å²) in [4.78, 5) is 33.8. The third kappa shape index (κ3) is 2.61. The van der Waals surface area contributed by atoms with E-state index in [0.717, 1.165) is 9.88 Å². The summed E-state index contributed by atoms with van der Waals surface area (Å²) in [5.74, 6) is 0. The van der Waals surface area contributed by atoms with Crippen molar-refractivity contribution in [1.82, 2.24) is 24.9 Å². The highest BCUT2D eigenvalue weighted by atomic mass is 35.5. The van der Waals surface area contributed by atoms with Gasteiger partial charge in [-0.3, -0.25) is 4.79 Å². The average molecular weight is 396 g/mol. The summed E-state index contributed by atoms with van der Waals surface area (Å²) in [7, 11) is 0. The molecule has 5 rings (SSSR count). The van der Waals surface area contributed by atoms with Crippen molar-refractivity contribution >= 4 is 45.2 Å². The molecule has 0 saturated carbocycles. The number of H-pyrrole nitrogens is 1. The first-order chi connectivity index (χ1) is 13.1. The van der Waals surface area contributed by atoms with E-state index < -0.39 is 0 Å². The number of aromatic amines is 1. The number of oxazole rings is 1. The van der Waals surface area contributed by atoms with Crippen LogP contribution >= 0.6 is 22.9 Å². The molecule has 1 N–H and O–H groups in total. The molecular weight excluding hydrogens is 386 g/mol. The molecule has 132 valence electrons. The average Bonchev–Trinajstić information content (AvgIpc) is 3.30. The number of nitrogens with zero attached hydrogens (tertiary/aromatic N) is 4. The number of pyridine rings is 1. The number of hydrogen-bond acceptors (Lipinski definition) is 7. The van der Waals surface area contributed by atoms with Gasteiger partial charge in [0.25, 0.3) is 0 Å². The van der Waals surface area contributed by atoms with Gasteiger partial charge in [-0.05, 0) is 19.1 Å². The zero-order chi connectivity index (χ0) is 18.5. The van der Waals surface area contributed by atoms with E-state index in [1.807, 2.05) is 6.92 Å². The molecule has 0 aliphatic heterocycles. The lowest BCUT2D eigenvalue weighted by molar-refractivity contribution is 0.602. The van der Waals surface area contributed by atoms with Crippen molar-refractivity contribution in [1.29, 1.82) is 0 Å². The van der Waals surface area contributed by atoms with Crippen molar-refractivity contribution in [3.05, 3.63) is 57.2 Å². The number of aromatic nitrogens is 5. The first kappa shape index (κ1) is 16.1. The molecule has 0 unspecified atom stereocenters. The Balaban J connectivity index is 1.88. The molecule has 0 radical (unpaired) electrons. The van der Waals surface area contributed by atoms with Crippen LogP contribution in [0.1, 0.15) is 5.01 Å². The summed E-state index contributed by atoms with van der Waals surface area (Å²) in [6, 6.07) is 4.96. The molecule has 0 atom stereocenters. The molecule has 0 bridgehead atoms. The molecule has 0 amide bonds. The van der Waals surface area contributed by atoms with Gasteiger partial charge in [0.15, 0.2) is 23.1 Å². The van der Waals surface area contributed by atoms with Crippen LogP contribution in [0.4, 0.5) is 0 Å². The Bertz CT molecular complexity index is 1390. The highest BCUT2D eigenvalue weighted by molar-refractivity contribution is 7.15. The second kappa shape index (κ2) is 5.97. The molecule has 5 aromatic rings. The second-order valence-electron chi connectivity index (χ2n) is 5.86. The summed E-state index contributed by atoms with van der Waals surface area (Å²) < 4.78 is 5.40. The van der Waals surface area contributed by atoms with E-state index in [9.17, 15) is 4.79 Å². The number of halogens is 1. The second-order valence-corrected chi connectivity index (χ2v) is 7.50.